The van der Waals surface area contributed by atoms with Crippen LogP contribution in [-0.2, 0) is 13.1 Å². The first-order chi connectivity index (χ1) is 9.06. The second-order valence-corrected chi connectivity index (χ2v) is 7.02. The minimum absolute atomic E-state index is 0.348. The molecule has 2 heterocycles. The molecule has 1 atom stereocenters. The third-order valence-corrected chi connectivity index (χ3v) is 4.82. The highest BCUT2D eigenvalue weighted by atomic mass is 79.9. The molecule has 2 aromatic rings. The van der Waals surface area contributed by atoms with E-state index >= 15 is 0 Å². The van der Waals surface area contributed by atoms with Crippen molar-refractivity contribution in [3.63, 3.8) is 0 Å². The number of imidazole rings is 1. The van der Waals surface area contributed by atoms with Gasteiger partial charge >= 0.3 is 0 Å². The zero-order valence-corrected chi connectivity index (χ0v) is 14.0. The Morgan fingerprint density at radius 2 is 2.21 bits per heavy atom. The molecule has 0 aromatic carbocycles. The molecule has 2 rings (SSSR count). The first-order valence-electron chi connectivity index (χ1n) is 6.53. The van der Waals surface area contributed by atoms with Gasteiger partial charge in [-0.15, -0.1) is 11.3 Å². The van der Waals surface area contributed by atoms with Crippen LogP contribution in [0.25, 0.3) is 0 Å². The van der Waals surface area contributed by atoms with Crippen LogP contribution in [0.2, 0.25) is 0 Å². The summed E-state index contributed by atoms with van der Waals surface area (Å²) in [7, 11) is 0. The maximum atomic E-state index is 4.43. The summed E-state index contributed by atoms with van der Waals surface area (Å²) in [6, 6.07) is 2.52. The van der Waals surface area contributed by atoms with Gasteiger partial charge in [0.05, 0.1) is 6.54 Å². The molecule has 0 saturated carbocycles. The van der Waals surface area contributed by atoms with Gasteiger partial charge in [0.1, 0.15) is 5.82 Å². The smallest absolute Gasteiger partial charge is 0.122 e. The monoisotopic (exact) mass is 341 g/mol. The summed E-state index contributed by atoms with van der Waals surface area (Å²) < 4.78 is 3.39. The van der Waals surface area contributed by atoms with Crippen LogP contribution in [0.3, 0.4) is 0 Å². The van der Waals surface area contributed by atoms with E-state index in [0.717, 1.165) is 23.4 Å². The molecule has 0 aliphatic heterocycles. The summed E-state index contributed by atoms with van der Waals surface area (Å²) in [5.41, 5.74) is 0. The number of halogens is 1. The standard InChI is InChI=1S/C14H20BrN3S/c1-10(2)8-18-5-4-16-14(18)7-17-11(3)13-6-12(15)9-19-13/h4-6,9-11,17H,7-8H2,1-3H3/t11-/m0/s1. The van der Waals surface area contributed by atoms with Gasteiger partial charge in [-0.25, -0.2) is 4.98 Å². The van der Waals surface area contributed by atoms with Gasteiger partial charge in [0.2, 0.25) is 0 Å². The highest BCUT2D eigenvalue weighted by Crippen LogP contribution is 2.25. The average Bonchev–Trinajstić information content (AvgIpc) is 2.95. The maximum absolute atomic E-state index is 4.43. The van der Waals surface area contributed by atoms with Crippen molar-refractivity contribution < 1.29 is 0 Å². The summed E-state index contributed by atoms with van der Waals surface area (Å²) in [5, 5.41) is 5.65. The van der Waals surface area contributed by atoms with Crippen molar-refractivity contribution in [2.45, 2.75) is 39.9 Å². The van der Waals surface area contributed by atoms with Crippen molar-refractivity contribution in [3.05, 3.63) is 39.0 Å². The molecule has 0 radical (unpaired) electrons. The Kier molecular flexibility index (Phi) is 5.19. The lowest BCUT2D eigenvalue weighted by Crippen LogP contribution is -2.20. The molecular weight excluding hydrogens is 322 g/mol. The number of hydrogen-bond donors (Lipinski definition) is 1. The zero-order chi connectivity index (χ0) is 13.8. The molecule has 0 bridgehead atoms. The lowest BCUT2D eigenvalue weighted by atomic mass is 10.2. The molecule has 1 N–H and O–H groups in total. The molecule has 0 unspecified atom stereocenters. The van der Waals surface area contributed by atoms with Gasteiger partial charge in [0, 0.05) is 39.7 Å². The first kappa shape index (κ1) is 14.8. The second kappa shape index (κ2) is 6.68. The molecular formula is C14H20BrN3S. The summed E-state index contributed by atoms with van der Waals surface area (Å²) in [6.45, 7) is 8.46. The predicted molar refractivity (Wildman–Crippen MR) is 84.3 cm³/mol. The van der Waals surface area contributed by atoms with E-state index in [1.165, 1.54) is 4.88 Å². The molecule has 0 amide bonds. The molecule has 0 aliphatic rings. The van der Waals surface area contributed by atoms with E-state index in [1.54, 1.807) is 11.3 Å². The topological polar surface area (TPSA) is 29.9 Å². The highest BCUT2D eigenvalue weighted by molar-refractivity contribution is 9.10. The lowest BCUT2D eigenvalue weighted by molar-refractivity contribution is 0.484. The summed E-state index contributed by atoms with van der Waals surface area (Å²) in [6.07, 6.45) is 3.94. The Morgan fingerprint density at radius 3 is 2.84 bits per heavy atom. The fourth-order valence-corrected chi connectivity index (χ4v) is 3.44. The van der Waals surface area contributed by atoms with Gasteiger partial charge in [-0.05, 0) is 34.8 Å². The van der Waals surface area contributed by atoms with Crippen LogP contribution in [0.5, 0.6) is 0 Å². The minimum Gasteiger partial charge on any atom is -0.334 e. The molecule has 104 valence electrons. The van der Waals surface area contributed by atoms with Gasteiger partial charge in [-0.1, -0.05) is 13.8 Å². The number of hydrogen-bond acceptors (Lipinski definition) is 3. The van der Waals surface area contributed by atoms with E-state index in [9.17, 15) is 0 Å². The van der Waals surface area contributed by atoms with Crippen molar-refractivity contribution in [1.82, 2.24) is 14.9 Å². The first-order valence-corrected chi connectivity index (χ1v) is 8.21. The number of thiophene rings is 1. The van der Waals surface area contributed by atoms with Crippen molar-refractivity contribution in [3.8, 4) is 0 Å². The van der Waals surface area contributed by atoms with Crippen LogP contribution >= 0.6 is 27.3 Å². The predicted octanol–water partition coefficient (Wildman–Crippen LogP) is 4.21. The Balaban J connectivity index is 1.93. The molecule has 2 aromatic heterocycles. The SMILES string of the molecule is CC(C)Cn1ccnc1CN[C@@H](C)c1cc(Br)cs1. The van der Waals surface area contributed by atoms with Crippen molar-refractivity contribution in [2.75, 3.05) is 0 Å². The number of nitrogens with one attached hydrogen (secondary N) is 1. The number of aromatic nitrogens is 2. The molecule has 0 saturated heterocycles. The van der Waals surface area contributed by atoms with E-state index in [-0.39, 0.29) is 0 Å². The zero-order valence-electron chi connectivity index (χ0n) is 11.6. The molecule has 0 fully saturated rings. The van der Waals surface area contributed by atoms with Crippen LogP contribution in [0.4, 0.5) is 0 Å². The van der Waals surface area contributed by atoms with Crippen molar-refractivity contribution in [1.29, 1.82) is 0 Å². The van der Waals surface area contributed by atoms with Crippen LogP contribution < -0.4 is 5.32 Å². The summed E-state index contributed by atoms with van der Waals surface area (Å²) >= 11 is 5.27. The van der Waals surface area contributed by atoms with Gasteiger partial charge in [-0.3, -0.25) is 0 Å². The van der Waals surface area contributed by atoms with Gasteiger partial charge in [0.25, 0.3) is 0 Å². The molecule has 0 aliphatic carbocycles. The van der Waals surface area contributed by atoms with E-state index in [4.69, 9.17) is 0 Å². The quantitative estimate of drug-likeness (QED) is 0.852. The largest absolute Gasteiger partial charge is 0.334 e. The van der Waals surface area contributed by atoms with Crippen LogP contribution in [-0.4, -0.2) is 9.55 Å². The van der Waals surface area contributed by atoms with Crippen LogP contribution in [0.15, 0.2) is 28.3 Å². The van der Waals surface area contributed by atoms with Gasteiger partial charge in [-0.2, -0.15) is 0 Å². The Labute approximate surface area is 127 Å². The maximum Gasteiger partial charge on any atom is 0.122 e. The van der Waals surface area contributed by atoms with E-state index in [1.807, 2.05) is 6.20 Å². The summed E-state index contributed by atoms with van der Waals surface area (Å²) in [5.74, 6) is 1.75. The minimum atomic E-state index is 0.348. The molecule has 19 heavy (non-hydrogen) atoms. The van der Waals surface area contributed by atoms with Crippen molar-refractivity contribution in [2.24, 2.45) is 5.92 Å². The third-order valence-electron chi connectivity index (χ3n) is 2.94. The highest BCUT2D eigenvalue weighted by Gasteiger charge is 2.10. The third kappa shape index (κ3) is 4.16. The average molecular weight is 342 g/mol. The Bertz CT molecular complexity index is 518. The second-order valence-electron chi connectivity index (χ2n) is 5.16. The Morgan fingerprint density at radius 1 is 1.42 bits per heavy atom. The fourth-order valence-electron chi connectivity index (χ4n) is 1.97. The van der Waals surface area contributed by atoms with Gasteiger partial charge < -0.3 is 9.88 Å². The fraction of sp³-hybridized carbons (Fsp3) is 0.500. The Hall–Kier alpha value is -0.650. The molecule has 0 spiro atoms. The lowest BCUT2D eigenvalue weighted by Gasteiger charge is -2.14. The normalized spacial score (nSPS) is 13.1. The molecule has 3 nitrogen and oxygen atoms in total. The van der Waals surface area contributed by atoms with Crippen molar-refractivity contribution >= 4 is 27.3 Å². The summed E-state index contributed by atoms with van der Waals surface area (Å²) in [4.78, 5) is 5.78. The van der Waals surface area contributed by atoms with Gasteiger partial charge in [0.15, 0.2) is 0 Å². The van der Waals surface area contributed by atoms with Crippen LogP contribution in [0, 0.1) is 5.92 Å². The van der Waals surface area contributed by atoms with E-state index in [0.29, 0.717) is 12.0 Å². The number of rotatable bonds is 6. The van der Waals surface area contributed by atoms with E-state index < -0.39 is 0 Å². The van der Waals surface area contributed by atoms with E-state index in [2.05, 4.69) is 69.2 Å². The number of nitrogens with zero attached hydrogens (tertiary/aromatic N) is 2. The van der Waals surface area contributed by atoms with Crippen LogP contribution in [0.1, 0.15) is 37.5 Å². The molecule has 5 heteroatoms.